The molecule has 2 aromatic heterocycles. The van der Waals surface area contributed by atoms with Crippen LogP contribution in [0.5, 0.6) is 0 Å². The molecule has 0 unspecified atom stereocenters. The Morgan fingerprint density at radius 3 is 2.23 bits per heavy atom. The Morgan fingerprint density at radius 1 is 1.12 bits per heavy atom. The summed E-state index contributed by atoms with van der Waals surface area (Å²) in [5.74, 6) is 0.319. The fourth-order valence-electron chi connectivity index (χ4n) is 2.82. The van der Waals surface area contributed by atoms with Crippen LogP contribution < -0.4 is 0 Å². The van der Waals surface area contributed by atoms with Crippen LogP contribution >= 0.6 is 0 Å². The van der Waals surface area contributed by atoms with E-state index in [0.29, 0.717) is 5.82 Å². The summed E-state index contributed by atoms with van der Waals surface area (Å²) in [4.78, 5) is 3.96. The first-order chi connectivity index (χ1) is 11.8. The molecule has 9 heteroatoms. The van der Waals surface area contributed by atoms with Crippen LogP contribution in [0.4, 0.5) is 17.6 Å². The SMILES string of the molecule is Cc1nc(C(=C(F)B2OC(C)(C)C(C)(C)O2)C(F)(F)F)c2ccccn12. The van der Waals surface area contributed by atoms with E-state index in [1.807, 2.05) is 0 Å². The first kappa shape index (κ1) is 18.9. The van der Waals surface area contributed by atoms with Gasteiger partial charge in [-0.3, -0.25) is 0 Å². The van der Waals surface area contributed by atoms with Crippen LogP contribution in [0.15, 0.2) is 30.1 Å². The van der Waals surface area contributed by atoms with Crippen molar-refractivity contribution in [2.45, 2.75) is 52.0 Å². The molecule has 3 rings (SSSR count). The molecular weight excluding hydrogens is 351 g/mol. The van der Waals surface area contributed by atoms with Crippen molar-refractivity contribution in [1.29, 1.82) is 0 Å². The van der Waals surface area contributed by atoms with Crippen molar-refractivity contribution in [3.63, 3.8) is 0 Å². The van der Waals surface area contributed by atoms with E-state index in [0.717, 1.165) is 0 Å². The minimum absolute atomic E-state index is 0.156. The van der Waals surface area contributed by atoms with E-state index in [4.69, 9.17) is 9.31 Å². The molecule has 26 heavy (non-hydrogen) atoms. The number of aryl methyl sites for hydroxylation is 1. The van der Waals surface area contributed by atoms with Gasteiger partial charge in [0.1, 0.15) is 22.8 Å². The third-order valence-corrected chi connectivity index (χ3v) is 4.94. The molecule has 0 spiro atoms. The maximum atomic E-state index is 15.0. The highest BCUT2D eigenvalue weighted by Gasteiger charge is 2.56. The maximum Gasteiger partial charge on any atom is 0.525 e. The Balaban J connectivity index is 2.20. The summed E-state index contributed by atoms with van der Waals surface area (Å²) >= 11 is 0. The standard InChI is InChI=1S/C17H19BF4N2O2/c1-10-23-13(11-8-6-7-9-24(10)11)12(17(20,21)22)14(19)18-25-15(2,3)16(4,5)26-18/h6-9H,1-5H3. The molecule has 0 atom stereocenters. The number of hydrogen-bond acceptors (Lipinski definition) is 3. The molecule has 4 nitrogen and oxygen atoms in total. The highest BCUT2D eigenvalue weighted by atomic mass is 19.4. The molecule has 0 aromatic carbocycles. The lowest BCUT2D eigenvalue weighted by atomic mass is 9.83. The molecule has 2 aromatic rings. The lowest BCUT2D eigenvalue weighted by Crippen LogP contribution is -2.41. The summed E-state index contributed by atoms with van der Waals surface area (Å²) in [7, 11) is -1.75. The van der Waals surface area contributed by atoms with Gasteiger partial charge in [0.15, 0.2) is 0 Å². The van der Waals surface area contributed by atoms with E-state index in [1.54, 1.807) is 52.9 Å². The average Bonchev–Trinajstić information content (AvgIpc) is 2.93. The van der Waals surface area contributed by atoms with Crippen LogP contribution in [0.2, 0.25) is 0 Å². The lowest BCUT2D eigenvalue weighted by Gasteiger charge is -2.32. The Labute approximate surface area is 149 Å². The van der Waals surface area contributed by atoms with Crippen LogP contribution in [-0.2, 0) is 9.31 Å². The van der Waals surface area contributed by atoms with Gasteiger partial charge < -0.3 is 13.7 Å². The fourth-order valence-corrected chi connectivity index (χ4v) is 2.82. The van der Waals surface area contributed by atoms with Gasteiger partial charge in [-0.15, -0.1) is 0 Å². The Kier molecular flexibility index (Phi) is 4.23. The van der Waals surface area contributed by atoms with Crippen molar-refractivity contribution in [3.8, 4) is 0 Å². The van der Waals surface area contributed by atoms with Gasteiger partial charge in [-0.25, -0.2) is 9.37 Å². The van der Waals surface area contributed by atoms with Gasteiger partial charge in [-0.1, -0.05) is 6.07 Å². The van der Waals surface area contributed by atoms with Gasteiger partial charge in [0.2, 0.25) is 0 Å². The maximum absolute atomic E-state index is 15.0. The summed E-state index contributed by atoms with van der Waals surface area (Å²) in [6, 6.07) is 4.69. The minimum Gasteiger partial charge on any atom is -0.398 e. The number of rotatable bonds is 2. The number of halogens is 4. The van der Waals surface area contributed by atoms with E-state index in [1.165, 1.54) is 10.5 Å². The second-order valence-electron chi connectivity index (χ2n) is 7.27. The summed E-state index contributed by atoms with van der Waals surface area (Å²) in [6.07, 6.45) is -3.40. The Bertz CT molecular complexity index is 871. The van der Waals surface area contributed by atoms with Gasteiger partial charge in [-0.05, 0) is 46.8 Å². The van der Waals surface area contributed by atoms with Crippen molar-refractivity contribution < 1.29 is 26.9 Å². The zero-order chi connectivity index (χ0) is 19.5. The van der Waals surface area contributed by atoms with Crippen LogP contribution in [0.1, 0.15) is 39.2 Å². The number of hydrogen-bond donors (Lipinski definition) is 0. The predicted octanol–water partition coefficient (Wildman–Crippen LogP) is 4.52. The topological polar surface area (TPSA) is 35.8 Å². The third kappa shape index (κ3) is 2.93. The number of nitrogens with zero attached hydrogens (tertiary/aromatic N) is 2. The van der Waals surface area contributed by atoms with E-state index < -0.39 is 41.5 Å². The molecule has 1 fully saturated rings. The summed E-state index contributed by atoms with van der Waals surface area (Å²) in [5.41, 5.74) is -5.25. The van der Waals surface area contributed by atoms with Crippen LogP contribution in [0.25, 0.3) is 11.1 Å². The largest absolute Gasteiger partial charge is 0.525 e. The summed E-state index contributed by atoms with van der Waals surface area (Å²) in [5, 5.41) is 0. The quantitative estimate of drug-likeness (QED) is 0.576. The fraction of sp³-hybridized carbons (Fsp3) is 0.471. The highest BCUT2D eigenvalue weighted by molar-refractivity contribution is 6.55. The molecular formula is C17H19BF4N2O2. The molecule has 1 aliphatic rings. The molecule has 0 aliphatic carbocycles. The molecule has 3 heterocycles. The number of allylic oxidation sites excluding steroid dienone is 1. The zero-order valence-corrected chi connectivity index (χ0v) is 15.1. The molecule has 0 amide bonds. The van der Waals surface area contributed by atoms with E-state index >= 15 is 4.39 Å². The second-order valence-corrected chi connectivity index (χ2v) is 7.27. The molecule has 1 aliphatic heterocycles. The van der Waals surface area contributed by atoms with Crippen molar-refractivity contribution >= 4 is 18.2 Å². The Hall–Kier alpha value is -1.87. The molecule has 140 valence electrons. The molecule has 0 N–H and O–H groups in total. The monoisotopic (exact) mass is 370 g/mol. The number of pyridine rings is 1. The molecule has 0 bridgehead atoms. The van der Waals surface area contributed by atoms with Crippen LogP contribution in [0, 0.1) is 6.92 Å². The van der Waals surface area contributed by atoms with Gasteiger partial charge in [-0.2, -0.15) is 13.2 Å². The third-order valence-electron chi connectivity index (χ3n) is 4.94. The number of fused-ring (bicyclic) bond motifs is 1. The van der Waals surface area contributed by atoms with Crippen LogP contribution in [-0.4, -0.2) is 33.9 Å². The van der Waals surface area contributed by atoms with E-state index in [9.17, 15) is 13.2 Å². The van der Waals surface area contributed by atoms with Gasteiger partial charge in [0, 0.05) is 6.20 Å². The first-order valence-corrected chi connectivity index (χ1v) is 8.12. The van der Waals surface area contributed by atoms with Gasteiger partial charge in [0.25, 0.3) is 0 Å². The number of alkyl halides is 3. The summed E-state index contributed by atoms with van der Waals surface area (Å²) < 4.78 is 68.7. The molecule has 0 saturated carbocycles. The lowest BCUT2D eigenvalue weighted by molar-refractivity contribution is -0.0701. The predicted molar refractivity (Wildman–Crippen MR) is 90.1 cm³/mol. The number of aromatic nitrogens is 2. The smallest absolute Gasteiger partial charge is 0.398 e. The van der Waals surface area contributed by atoms with Crippen LogP contribution in [0.3, 0.4) is 0 Å². The van der Waals surface area contributed by atoms with Crippen molar-refractivity contribution in [2.75, 3.05) is 0 Å². The Morgan fingerprint density at radius 2 is 1.69 bits per heavy atom. The zero-order valence-electron chi connectivity index (χ0n) is 15.1. The highest BCUT2D eigenvalue weighted by Crippen LogP contribution is 2.44. The van der Waals surface area contributed by atoms with E-state index in [2.05, 4.69) is 4.98 Å². The molecule has 1 saturated heterocycles. The van der Waals surface area contributed by atoms with Gasteiger partial charge in [0.05, 0.1) is 16.7 Å². The number of imidazole rings is 1. The minimum atomic E-state index is -4.97. The second kappa shape index (κ2) is 5.82. The average molecular weight is 370 g/mol. The van der Waals surface area contributed by atoms with Gasteiger partial charge >= 0.3 is 13.3 Å². The van der Waals surface area contributed by atoms with Crippen molar-refractivity contribution in [3.05, 3.63) is 41.6 Å². The summed E-state index contributed by atoms with van der Waals surface area (Å²) in [6.45, 7) is 8.12. The van der Waals surface area contributed by atoms with Crippen molar-refractivity contribution in [1.82, 2.24) is 9.38 Å². The van der Waals surface area contributed by atoms with E-state index in [-0.39, 0.29) is 5.52 Å². The van der Waals surface area contributed by atoms with Crippen molar-refractivity contribution in [2.24, 2.45) is 0 Å². The molecule has 0 radical (unpaired) electrons. The first-order valence-electron chi connectivity index (χ1n) is 8.12. The normalized spacial score (nSPS) is 20.6.